The number of amides is 1. The van der Waals surface area contributed by atoms with Gasteiger partial charge in [-0.3, -0.25) is 4.79 Å². The van der Waals surface area contributed by atoms with Crippen LogP contribution in [0.25, 0.3) is 0 Å². The summed E-state index contributed by atoms with van der Waals surface area (Å²) in [6.45, 7) is 5.03. The molecule has 0 N–H and O–H groups in total. The predicted molar refractivity (Wildman–Crippen MR) is 71.2 cm³/mol. The minimum absolute atomic E-state index is 0.0985. The van der Waals surface area contributed by atoms with Crippen LogP contribution in [0.3, 0.4) is 0 Å². The number of ether oxygens (including phenoxy) is 1. The smallest absolute Gasteiger partial charge is 0.295 e. The Morgan fingerprint density at radius 1 is 1.25 bits per heavy atom. The van der Waals surface area contributed by atoms with Gasteiger partial charge in [0.15, 0.2) is 0 Å². The quantitative estimate of drug-likeness (QED) is 0.823. The van der Waals surface area contributed by atoms with Gasteiger partial charge in [0, 0.05) is 33.2 Å². The zero-order valence-electron chi connectivity index (χ0n) is 11.9. The number of hydrogen-bond donors (Lipinski definition) is 0. The van der Waals surface area contributed by atoms with Crippen molar-refractivity contribution in [1.29, 1.82) is 0 Å². The van der Waals surface area contributed by atoms with Gasteiger partial charge in [0.2, 0.25) is 5.89 Å². The second-order valence-electron chi connectivity index (χ2n) is 5.74. The highest BCUT2D eigenvalue weighted by atomic mass is 16.5. The van der Waals surface area contributed by atoms with E-state index in [-0.39, 0.29) is 11.7 Å². The molecule has 2 saturated heterocycles. The van der Waals surface area contributed by atoms with Gasteiger partial charge in [-0.25, -0.2) is 0 Å². The normalized spacial score (nSPS) is 24.9. The Balaban J connectivity index is 1.63. The van der Waals surface area contributed by atoms with Gasteiger partial charge < -0.3 is 14.2 Å². The summed E-state index contributed by atoms with van der Waals surface area (Å²) in [5.74, 6) is 1.80. The van der Waals surface area contributed by atoms with Gasteiger partial charge in [-0.1, -0.05) is 5.16 Å². The van der Waals surface area contributed by atoms with Crippen molar-refractivity contribution >= 4 is 5.91 Å². The molecule has 1 atom stereocenters. The van der Waals surface area contributed by atoms with Gasteiger partial charge in [0.25, 0.3) is 11.7 Å². The minimum atomic E-state index is -0.0985. The molecule has 110 valence electrons. The SMILES string of the molecule is Cc1nc(C(=O)N2CCCC(C3CCOCC3)C2)no1. The molecule has 0 saturated carbocycles. The highest BCUT2D eigenvalue weighted by molar-refractivity contribution is 5.90. The molecular weight excluding hydrogens is 258 g/mol. The summed E-state index contributed by atoms with van der Waals surface area (Å²) < 4.78 is 10.3. The van der Waals surface area contributed by atoms with Crippen molar-refractivity contribution in [2.24, 2.45) is 11.8 Å². The van der Waals surface area contributed by atoms with E-state index in [4.69, 9.17) is 9.26 Å². The molecule has 6 heteroatoms. The van der Waals surface area contributed by atoms with E-state index in [9.17, 15) is 4.79 Å². The fourth-order valence-electron chi connectivity index (χ4n) is 3.29. The first kappa shape index (κ1) is 13.5. The van der Waals surface area contributed by atoms with E-state index < -0.39 is 0 Å². The molecular formula is C14H21N3O3. The van der Waals surface area contributed by atoms with Crippen LogP contribution in [0.5, 0.6) is 0 Å². The Bertz CT molecular complexity index is 468. The van der Waals surface area contributed by atoms with Gasteiger partial charge >= 0.3 is 0 Å². The molecule has 1 unspecified atom stereocenters. The van der Waals surface area contributed by atoms with E-state index in [0.717, 1.165) is 45.6 Å². The van der Waals surface area contributed by atoms with E-state index in [1.54, 1.807) is 6.92 Å². The van der Waals surface area contributed by atoms with Crippen LogP contribution in [-0.2, 0) is 4.74 Å². The van der Waals surface area contributed by atoms with Gasteiger partial charge in [-0.15, -0.1) is 0 Å². The maximum absolute atomic E-state index is 12.4. The average molecular weight is 279 g/mol. The number of aryl methyl sites for hydroxylation is 1. The minimum Gasteiger partial charge on any atom is -0.381 e. The second-order valence-corrected chi connectivity index (χ2v) is 5.74. The van der Waals surface area contributed by atoms with Crippen LogP contribution in [0.15, 0.2) is 4.52 Å². The molecule has 20 heavy (non-hydrogen) atoms. The third-order valence-corrected chi connectivity index (χ3v) is 4.40. The van der Waals surface area contributed by atoms with Crippen LogP contribution >= 0.6 is 0 Å². The van der Waals surface area contributed by atoms with Crippen molar-refractivity contribution in [3.05, 3.63) is 11.7 Å². The monoisotopic (exact) mass is 279 g/mol. The Hall–Kier alpha value is -1.43. The maximum atomic E-state index is 12.4. The molecule has 2 aliphatic heterocycles. The molecule has 0 aliphatic carbocycles. The highest BCUT2D eigenvalue weighted by Crippen LogP contribution is 2.31. The van der Waals surface area contributed by atoms with Gasteiger partial charge in [-0.05, 0) is 37.5 Å². The number of hydrogen-bond acceptors (Lipinski definition) is 5. The topological polar surface area (TPSA) is 68.5 Å². The molecule has 2 fully saturated rings. The van der Waals surface area contributed by atoms with Crippen LogP contribution < -0.4 is 0 Å². The van der Waals surface area contributed by atoms with Gasteiger partial charge in [-0.2, -0.15) is 4.98 Å². The summed E-state index contributed by atoms with van der Waals surface area (Å²) in [6, 6.07) is 0. The molecule has 0 spiro atoms. The molecule has 2 aliphatic rings. The zero-order chi connectivity index (χ0) is 13.9. The van der Waals surface area contributed by atoms with Gasteiger partial charge in [0.1, 0.15) is 0 Å². The van der Waals surface area contributed by atoms with Crippen molar-refractivity contribution in [3.8, 4) is 0 Å². The number of nitrogens with zero attached hydrogens (tertiary/aromatic N) is 3. The molecule has 1 aromatic heterocycles. The lowest BCUT2D eigenvalue weighted by molar-refractivity contribution is 0.0248. The average Bonchev–Trinajstić information content (AvgIpc) is 2.94. The van der Waals surface area contributed by atoms with E-state index >= 15 is 0 Å². The van der Waals surface area contributed by atoms with Crippen molar-refractivity contribution in [2.45, 2.75) is 32.6 Å². The lowest BCUT2D eigenvalue weighted by Gasteiger charge is -2.38. The molecule has 0 radical (unpaired) electrons. The summed E-state index contributed by atoms with van der Waals surface area (Å²) in [5, 5.41) is 3.73. The number of piperidine rings is 1. The molecule has 0 aromatic carbocycles. The zero-order valence-corrected chi connectivity index (χ0v) is 11.9. The molecule has 3 rings (SSSR count). The number of rotatable bonds is 2. The summed E-state index contributed by atoms with van der Waals surface area (Å²) >= 11 is 0. The second kappa shape index (κ2) is 5.91. The lowest BCUT2D eigenvalue weighted by Crippen LogP contribution is -2.43. The van der Waals surface area contributed by atoms with Crippen molar-refractivity contribution in [3.63, 3.8) is 0 Å². The Labute approximate surface area is 118 Å². The Kier molecular flexibility index (Phi) is 4.00. The van der Waals surface area contributed by atoms with Crippen LogP contribution in [0.4, 0.5) is 0 Å². The summed E-state index contributed by atoms with van der Waals surface area (Å²) in [6.07, 6.45) is 4.51. The van der Waals surface area contributed by atoms with Crippen LogP contribution in [0.2, 0.25) is 0 Å². The fraction of sp³-hybridized carbons (Fsp3) is 0.786. The predicted octanol–water partition coefficient (Wildman–Crippen LogP) is 1.66. The summed E-state index contributed by atoms with van der Waals surface area (Å²) in [7, 11) is 0. The first-order valence-corrected chi connectivity index (χ1v) is 7.41. The first-order chi connectivity index (χ1) is 9.74. The van der Waals surface area contributed by atoms with E-state index in [2.05, 4.69) is 10.1 Å². The van der Waals surface area contributed by atoms with E-state index in [0.29, 0.717) is 17.7 Å². The largest absolute Gasteiger partial charge is 0.381 e. The van der Waals surface area contributed by atoms with E-state index in [1.165, 1.54) is 6.42 Å². The van der Waals surface area contributed by atoms with Crippen molar-refractivity contribution < 1.29 is 14.1 Å². The highest BCUT2D eigenvalue weighted by Gasteiger charge is 2.32. The molecule has 0 bridgehead atoms. The third-order valence-electron chi connectivity index (χ3n) is 4.40. The summed E-state index contributed by atoms with van der Waals surface area (Å²) in [5.41, 5.74) is 0. The van der Waals surface area contributed by atoms with Gasteiger partial charge in [0.05, 0.1) is 0 Å². The van der Waals surface area contributed by atoms with E-state index in [1.807, 2.05) is 4.90 Å². The molecule has 6 nitrogen and oxygen atoms in total. The Morgan fingerprint density at radius 3 is 2.75 bits per heavy atom. The third kappa shape index (κ3) is 2.85. The molecule has 3 heterocycles. The molecule has 1 aromatic rings. The Morgan fingerprint density at radius 2 is 2.05 bits per heavy atom. The maximum Gasteiger partial charge on any atom is 0.295 e. The summed E-state index contributed by atoms with van der Waals surface area (Å²) in [4.78, 5) is 18.3. The number of likely N-dealkylation sites (tertiary alicyclic amines) is 1. The van der Waals surface area contributed by atoms with Crippen LogP contribution in [-0.4, -0.2) is 47.3 Å². The number of aromatic nitrogens is 2. The van der Waals surface area contributed by atoms with Crippen LogP contribution in [0, 0.1) is 18.8 Å². The number of carbonyl (C=O) groups is 1. The number of carbonyl (C=O) groups excluding carboxylic acids is 1. The van der Waals surface area contributed by atoms with Crippen molar-refractivity contribution in [1.82, 2.24) is 15.0 Å². The van der Waals surface area contributed by atoms with Crippen molar-refractivity contribution in [2.75, 3.05) is 26.3 Å². The first-order valence-electron chi connectivity index (χ1n) is 7.41. The van der Waals surface area contributed by atoms with Crippen LogP contribution in [0.1, 0.15) is 42.2 Å². The molecule has 1 amide bonds. The fourth-order valence-corrected chi connectivity index (χ4v) is 3.29. The lowest BCUT2D eigenvalue weighted by atomic mass is 9.81. The standard InChI is InChI=1S/C14H21N3O3/c1-10-15-13(16-20-10)14(18)17-6-2-3-12(9-17)11-4-7-19-8-5-11/h11-12H,2-9H2,1H3.